The maximum atomic E-state index is 5.32. The second-order valence-corrected chi connectivity index (χ2v) is 3.82. The number of ether oxygens (including phenoxy) is 2. The molecule has 1 aliphatic heterocycles. The van der Waals surface area contributed by atoms with Crippen LogP contribution in [0, 0.1) is 0 Å². The van der Waals surface area contributed by atoms with E-state index >= 15 is 0 Å². The second kappa shape index (κ2) is 9.28. The van der Waals surface area contributed by atoms with Crippen molar-refractivity contribution in [2.45, 2.75) is 13.0 Å². The first-order valence-corrected chi connectivity index (χ1v) is 5.64. The average Bonchev–Trinajstić information content (AvgIpc) is 2.76. The van der Waals surface area contributed by atoms with Crippen LogP contribution < -0.4 is 44.9 Å². The first-order valence-electron chi connectivity index (χ1n) is 5.64. The summed E-state index contributed by atoms with van der Waals surface area (Å²) < 4.78 is 10.6. The first kappa shape index (κ1) is 17.3. The van der Waals surface area contributed by atoms with E-state index < -0.39 is 0 Å². The van der Waals surface area contributed by atoms with Crippen molar-refractivity contribution in [1.82, 2.24) is 10.6 Å². The molecule has 1 aromatic carbocycles. The van der Waals surface area contributed by atoms with E-state index in [9.17, 15) is 0 Å². The molecule has 104 valence electrons. The fourth-order valence-electron chi connectivity index (χ4n) is 1.67. The molecule has 6 heteroatoms. The zero-order chi connectivity index (χ0) is 11.2. The van der Waals surface area contributed by atoms with Crippen LogP contribution in [0.15, 0.2) is 18.2 Å². The molecule has 0 atom stereocenters. The highest BCUT2D eigenvalue weighted by atomic mass is 35.5. The van der Waals surface area contributed by atoms with Gasteiger partial charge in [-0.3, -0.25) is 0 Å². The summed E-state index contributed by atoms with van der Waals surface area (Å²) in [5.41, 5.74) is 1.23. The number of rotatable bonds is 6. The van der Waals surface area contributed by atoms with Gasteiger partial charge in [0.05, 0.1) is 0 Å². The van der Waals surface area contributed by atoms with Crippen LogP contribution in [0.3, 0.4) is 0 Å². The molecule has 0 amide bonds. The molecule has 1 heterocycles. The largest absolute Gasteiger partial charge is 1.00 e. The molecular weight excluding hydrogens is 275 g/mol. The van der Waals surface area contributed by atoms with Gasteiger partial charge in [-0.1, -0.05) is 6.07 Å². The predicted molar refractivity (Wildman–Crippen MR) is 62.8 cm³/mol. The van der Waals surface area contributed by atoms with Crippen molar-refractivity contribution in [1.29, 1.82) is 0 Å². The molecule has 0 fully saturated rings. The number of benzene rings is 1. The molecule has 4 nitrogen and oxygen atoms in total. The predicted octanol–water partition coefficient (Wildman–Crippen LogP) is -4.88. The molecule has 0 saturated heterocycles. The molecule has 0 aromatic heterocycles. The highest BCUT2D eigenvalue weighted by Crippen LogP contribution is 2.32. The van der Waals surface area contributed by atoms with Gasteiger partial charge in [0.1, 0.15) is 0 Å². The van der Waals surface area contributed by atoms with Gasteiger partial charge in [0.15, 0.2) is 11.5 Å². The number of hydrogen-bond acceptors (Lipinski definition) is 4. The fourth-order valence-corrected chi connectivity index (χ4v) is 1.67. The lowest BCUT2D eigenvalue weighted by Gasteiger charge is -2.05. The Morgan fingerprint density at radius 2 is 1.89 bits per heavy atom. The fraction of sp³-hybridized carbons (Fsp3) is 0.500. The molecular formula is C12H18Cl2N2O2-2. The Kier molecular flexibility index (Phi) is 8.93. The van der Waals surface area contributed by atoms with Crippen LogP contribution in [0.2, 0.25) is 0 Å². The van der Waals surface area contributed by atoms with Crippen LogP contribution in [-0.4, -0.2) is 26.9 Å². The smallest absolute Gasteiger partial charge is 0.231 e. The molecule has 0 saturated carbocycles. The van der Waals surface area contributed by atoms with Crippen molar-refractivity contribution in [3.8, 4) is 11.5 Å². The van der Waals surface area contributed by atoms with E-state index in [0.717, 1.165) is 37.6 Å². The van der Waals surface area contributed by atoms with E-state index in [2.05, 4.69) is 16.7 Å². The Bertz CT molecular complexity index is 351. The monoisotopic (exact) mass is 292 g/mol. The van der Waals surface area contributed by atoms with Crippen molar-refractivity contribution in [2.24, 2.45) is 0 Å². The van der Waals surface area contributed by atoms with Crippen molar-refractivity contribution in [3.05, 3.63) is 23.8 Å². The van der Waals surface area contributed by atoms with Gasteiger partial charge >= 0.3 is 0 Å². The number of halogens is 2. The summed E-state index contributed by atoms with van der Waals surface area (Å²) in [6.45, 7) is 3.29. The zero-order valence-electron chi connectivity index (χ0n) is 10.3. The summed E-state index contributed by atoms with van der Waals surface area (Å²) in [5.74, 6) is 1.70. The molecule has 0 spiro atoms. The number of nitrogens with one attached hydrogen (secondary N) is 2. The molecule has 2 N–H and O–H groups in total. The molecule has 18 heavy (non-hydrogen) atoms. The Balaban J connectivity index is 0.00000144. The van der Waals surface area contributed by atoms with E-state index in [-0.39, 0.29) is 24.8 Å². The minimum Gasteiger partial charge on any atom is -1.00 e. The minimum atomic E-state index is 0. The van der Waals surface area contributed by atoms with Crippen LogP contribution >= 0.6 is 0 Å². The minimum absolute atomic E-state index is 0. The molecule has 0 aliphatic carbocycles. The van der Waals surface area contributed by atoms with Crippen molar-refractivity contribution < 1.29 is 34.3 Å². The summed E-state index contributed by atoms with van der Waals surface area (Å²) in [4.78, 5) is 0. The highest BCUT2D eigenvalue weighted by Gasteiger charge is 2.12. The van der Waals surface area contributed by atoms with E-state index in [1.165, 1.54) is 5.56 Å². The van der Waals surface area contributed by atoms with Gasteiger partial charge in [-0.15, -0.1) is 0 Å². The lowest BCUT2D eigenvalue weighted by Crippen LogP contribution is -3.00. The van der Waals surface area contributed by atoms with Gasteiger partial charge in [-0.25, -0.2) is 0 Å². The van der Waals surface area contributed by atoms with Crippen molar-refractivity contribution in [3.63, 3.8) is 0 Å². The first-order chi connectivity index (χ1) is 7.90. The third-order valence-electron chi connectivity index (χ3n) is 2.55. The molecule has 0 bridgehead atoms. The summed E-state index contributed by atoms with van der Waals surface area (Å²) in [7, 11) is 1.97. The van der Waals surface area contributed by atoms with E-state index in [0.29, 0.717) is 6.79 Å². The maximum absolute atomic E-state index is 5.32. The van der Waals surface area contributed by atoms with Gasteiger partial charge < -0.3 is 44.9 Å². The third kappa shape index (κ3) is 4.90. The molecule has 0 unspecified atom stereocenters. The summed E-state index contributed by atoms with van der Waals surface area (Å²) >= 11 is 0. The molecule has 0 radical (unpaired) electrons. The van der Waals surface area contributed by atoms with Gasteiger partial charge in [0, 0.05) is 6.54 Å². The highest BCUT2D eigenvalue weighted by molar-refractivity contribution is 5.44. The summed E-state index contributed by atoms with van der Waals surface area (Å²) in [5, 5.41) is 6.52. The van der Waals surface area contributed by atoms with Crippen molar-refractivity contribution in [2.75, 3.05) is 26.9 Å². The molecule has 1 aliphatic rings. The van der Waals surface area contributed by atoms with Gasteiger partial charge in [-0.05, 0) is 44.3 Å². The maximum Gasteiger partial charge on any atom is 0.231 e. The van der Waals surface area contributed by atoms with Crippen LogP contribution in [-0.2, 0) is 6.54 Å². The van der Waals surface area contributed by atoms with Gasteiger partial charge in [0.25, 0.3) is 0 Å². The Labute approximate surface area is 120 Å². The third-order valence-corrected chi connectivity index (χ3v) is 2.55. The SMILES string of the molecule is CNCCCNCc1ccc2c(c1)OCO2.[Cl-].[Cl-]. The summed E-state index contributed by atoms with van der Waals surface area (Å²) in [6, 6.07) is 6.07. The van der Waals surface area contributed by atoms with Crippen LogP contribution in [0.25, 0.3) is 0 Å². The Morgan fingerprint density at radius 1 is 1.11 bits per heavy atom. The molecule has 2 rings (SSSR count). The van der Waals surface area contributed by atoms with Gasteiger partial charge in [-0.2, -0.15) is 0 Å². The van der Waals surface area contributed by atoms with Gasteiger partial charge in [0.2, 0.25) is 6.79 Å². The van der Waals surface area contributed by atoms with E-state index in [1.54, 1.807) is 0 Å². The van der Waals surface area contributed by atoms with Crippen LogP contribution in [0.1, 0.15) is 12.0 Å². The van der Waals surface area contributed by atoms with Crippen LogP contribution in [0.4, 0.5) is 0 Å². The second-order valence-electron chi connectivity index (χ2n) is 3.82. The Morgan fingerprint density at radius 3 is 2.67 bits per heavy atom. The average molecular weight is 293 g/mol. The number of hydrogen-bond donors (Lipinski definition) is 2. The quantitative estimate of drug-likeness (QED) is 0.516. The van der Waals surface area contributed by atoms with Crippen molar-refractivity contribution >= 4 is 0 Å². The lowest BCUT2D eigenvalue weighted by molar-refractivity contribution is -0.001000. The topological polar surface area (TPSA) is 42.5 Å². The van der Waals surface area contributed by atoms with E-state index in [4.69, 9.17) is 9.47 Å². The summed E-state index contributed by atoms with van der Waals surface area (Å²) in [6.07, 6.45) is 1.14. The normalized spacial score (nSPS) is 11.6. The number of fused-ring (bicyclic) bond motifs is 1. The molecule has 1 aromatic rings. The Hall–Kier alpha value is -0.680. The standard InChI is InChI=1S/C12H18N2O2.2ClH/c1-13-5-2-6-14-8-10-3-4-11-12(7-10)16-9-15-11;;/h3-4,7,13-14H,2,5-6,8-9H2,1H3;2*1H/p-2. The van der Waals surface area contributed by atoms with Crippen LogP contribution in [0.5, 0.6) is 11.5 Å². The zero-order valence-corrected chi connectivity index (χ0v) is 11.9. The van der Waals surface area contributed by atoms with E-state index in [1.807, 2.05) is 19.2 Å². The lowest BCUT2D eigenvalue weighted by atomic mass is 10.2.